The van der Waals surface area contributed by atoms with Crippen LogP contribution < -0.4 is 10.1 Å². The molecule has 1 heterocycles. The monoisotopic (exact) mass is 427 g/mol. The lowest BCUT2D eigenvalue weighted by atomic mass is 10.1. The van der Waals surface area contributed by atoms with Crippen LogP contribution >= 0.6 is 0 Å². The lowest BCUT2D eigenvalue weighted by molar-refractivity contribution is 0.0748. The smallest absolute Gasteiger partial charge is 0.258 e. The van der Waals surface area contributed by atoms with Gasteiger partial charge in [0.15, 0.2) is 0 Å². The highest BCUT2D eigenvalue weighted by atomic mass is 16.5. The molecule has 0 unspecified atom stereocenters. The zero-order valence-electron chi connectivity index (χ0n) is 18.1. The van der Waals surface area contributed by atoms with E-state index in [1.165, 1.54) is 11.0 Å². The third-order valence-electron chi connectivity index (χ3n) is 5.29. The van der Waals surface area contributed by atoms with Gasteiger partial charge in [-0.1, -0.05) is 13.0 Å². The van der Waals surface area contributed by atoms with Crippen LogP contribution in [0.25, 0.3) is 0 Å². The number of ether oxygens (including phenoxy) is 1. The van der Waals surface area contributed by atoms with Crippen LogP contribution in [0.4, 0.5) is 0 Å². The van der Waals surface area contributed by atoms with E-state index < -0.39 is 11.8 Å². The molecule has 0 saturated heterocycles. The summed E-state index contributed by atoms with van der Waals surface area (Å²) in [6.45, 7) is 4.50. The third-order valence-corrected chi connectivity index (χ3v) is 5.29. The molecule has 2 amide bonds. The Morgan fingerprint density at radius 1 is 1.10 bits per heavy atom. The summed E-state index contributed by atoms with van der Waals surface area (Å²) in [5.41, 5.74) is 1.97. The summed E-state index contributed by atoms with van der Waals surface area (Å²) in [5.74, 6) is -0.776. The second kappa shape index (κ2) is 9.70. The molecular formula is C23H29N3O5. The van der Waals surface area contributed by atoms with Crippen LogP contribution in [-0.2, 0) is 13.1 Å². The van der Waals surface area contributed by atoms with Crippen molar-refractivity contribution >= 4 is 11.8 Å². The van der Waals surface area contributed by atoms with Gasteiger partial charge in [0.2, 0.25) is 0 Å². The Morgan fingerprint density at radius 2 is 1.81 bits per heavy atom. The molecule has 0 aromatic heterocycles. The first-order valence-electron chi connectivity index (χ1n) is 10.4. The van der Waals surface area contributed by atoms with Gasteiger partial charge in [-0.3, -0.25) is 9.59 Å². The highest BCUT2D eigenvalue weighted by molar-refractivity contribution is 6.03. The first kappa shape index (κ1) is 22.4. The molecule has 0 spiro atoms. The minimum Gasteiger partial charge on any atom is -0.507 e. The van der Waals surface area contributed by atoms with Crippen molar-refractivity contribution in [3.63, 3.8) is 0 Å². The van der Waals surface area contributed by atoms with E-state index in [4.69, 9.17) is 4.74 Å². The minimum absolute atomic E-state index is 0.00553. The molecule has 31 heavy (non-hydrogen) atoms. The first-order chi connectivity index (χ1) is 14.8. The van der Waals surface area contributed by atoms with Crippen molar-refractivity contribution in [2.24, 2.45) is 0 Å². The van der Waals surface area contributed by atoms with E-state index >= 15 is 0 Å². The summed E-state index contributed by atoms with van der Waals surface area (Å²) in [6, 6.07) is 8.06. The summed E-state index contributed by atoms with van der Waals surface area (Å²) < 4.78 is 5.69. The van der Waals surface area contributed by atoms with Crippen LogP contribution in [-0.4, -0.2) is 65.6 Å². The summed E-state index contributed by atoms with van der Waals surface area (Å²) in [5, 5.41) is 23.5. The van der Waals surface area contributed by atoms with E-state index in [1.54, 1.807) is 11.9 Å². The Morgan fingerprint density at radius 3 is 2.52 bits per heavy atom. The van der Waals surface area contributed by atoms with Gasteiger partial charge in [-0.25, -0.2) is 0 Å². The fourth-order valence-electron chi connectivity index (χ4n) is 3.61. The fourth-order valence-corrected chi connectivity index (χ4v) is 3.61. The Kier molecular flexibility index (Phi) is 7.02. The number of phenols is 2. The third kappa shape index (κ3) is 4.91. The average molecular weight is 428 g/mol. The Bertz CT molecular complexity index is 976. The van der Waals surface area contributed by atoms with Gasteiger partial charge in [0, 0.05) is 39.3 Å². The van der Waals surface area contributed by atoms with Crippen molar-refractivity contribution in [1.29, 1.82) is 0 Å². The quantitative estimate of drug-likeness (QED) is 0.559. The number of carbonyl (C=O) groups is 2. The van der Waals surface area contributed by atoms with Gasteiger partial charge in [0.1, 0.15) is 23.9 Å². The highest BCUT2D eigenvalue weighted by Gasteiger charge is 2.28. The molecule has 0 aliphatic carbocycles. The van der Waals surface area contributed by atoms with Gasteiger partial charge < -0.3 is 30.1 Å². The standard InChI is InChI=1S/C23H29N3O5/c1-4-8-25(3)22(29)18-11-19(21(28)12-20(18)27)23(30)26-13-15-5-6-17(10-16(15)14-26)31-9-7-24-2/h5-6,10-12,24,27-28H,4,7-9,13-14H2,1-3H3. The molecule has 1 aliphatic heterocycles. The molecule has 166 valence electrons. The molecule has 8 nitrogen and oxygen atoms in total. The molecule has 8 heteroatoms. The van der Waals surface area contributed by atoms with Gasteiger partial charge >= 0.3 is 0 Å². The Labute approximate surface area is 182 Å². The molecule has 2 aromatic carbocycles. The predicted molar refractivity (Wildman–Crippen MR) is 116 cm³/mol. The number of amides is 2. The molecule has 1 aliphatic rings. The number of aromatic hydroxyl groups is 2. The second-order valence-corrected chi connectivity index (χ2v) is 7.66. The number of hydrogen-bond acceptors (Lipinski definition) is 6. The maximum Gasteiger partial charge on any atom is 0.258 e. The number of benzene rings is 2. The van der Waals surface area contributed by atoms with Crippen LogP contribution in [0, 0.1) is 0 Å². The topological polar surface area (TPSA) is 102 Å². The summed E-state index contributed by atoms with van der Waals surface area (Å²) >= 11 is 0. The van der Waals surface area contributed by atoms with Crippen molar-refractivity contribution in [1.82, 2.24) is 15.1 Å². The molecule has 0 saturated carbocycles. The lowest BCUT2D eigenvalue weighted by Gasteiger charge is -2.20. The van der Waals surface area contributed by atoms with Gasteiger partial charge in [-0.05, 0) is 42.8 Å². The second-order valence-electron chi connectivity index (χ2n) is 7.66. The van der Waals surface area contributed by atoms with Crippen molar-refractivity contribution in [3.05, 3.63) is 52.6 Å². The first-order valence-corrected chi connectivity index (χ1v) is 10.4. The number of phenolic OH excluding ortho intramolecular Hbond substituents is 2. The zero-order valence-corrected chi connectivity index (χ0v) is 18.1. The number of likely N-dealkylation sites (N-methyl/N-ethyl adjacent to an activating group) is 1. The van der Waals surface area contributed by atoms with Crippen LogP contribution in [0.15, 0.2) is 30.3 Å². The largest absolute Gasteiger partial charge is 0.507 e. The molecule has 3 rings (SSSR count). The molecule has 0 bridgehead atoms. The Balaban J connectivity index is 1.79. The highest BCUT2D eigenvalue weighted by Crippen LogP contribution is 2.33. The van der Waals surface area contributed by atoms with Gasteiger partial charge in [0.25, 0.3) is 11.8 Å². The molecule has 0 radical (unpaired) electrons. The van der Waals surface area contributed by atoms with E-state index in [0.29, 0.717) is 26.2 Å². The van der Waals surface area contributed by atoms with Gasteiger partial charge in [0.05, 0.1) is 11.1 Å². The number of rotatable bonds is 8. The average Bonchev–Trinajstić information content (AvgIpc) is 3.17. The maximum atomic E-state index is 13.1. The van der Waals surface area contributed by atoms with E-state index in [1.807, 2.05) is 32.2 Å². The lowest BCUT2D eigenvalue weighted by Crippen LogP contribution is -2.29. The van der Waals surface area contributed by atoms with Crippen LogP contribution in [0.5, 0.6) is 17.2 Å². The molecule has 0 fully saturated rings. The van der Waals surface area contributed by atoms with E-state index in [9.17, 15) is 19.8 Å². The van der Waals surface area contributed by atoms with Crippen molar-refractivity contribution < 1.29 is 24.5 Å². The number of nitrogens with zero attached hydrogens (tertiary/aromatic N) is 2. The SMILES string of the molecule is CCCN(C)C(=O)c1cc(C(=O)N2Cc3ccc(OCCNC)cc3C2)c(O)cc1O. The predicted octanol–water partition coefficient (Wildman–Crippen LogP) is 2.33. The van der Waals surface area contributed by atoms with Gasteiger partial charge in [-0.2, -0.15) is 0 Å². The summed E-state index contributed by atoms with van der Waals surface area (Å²) in [6.07, 6.45) is 0.763. The van der Waals surface area contributed by atoms with Gasteiger partial charge in [-0.15, -0.1) is 0 Å². The zero-order chi connectivity index (χ0) is 22.5. The van der Waals surface area contributed by atoms with Crippen LogP contribution in [0.2, 0.25) is 0 Å². The number of nitrogens with one attached hydrogen (secondary N) is 1. The summed E-state index contributed by atoms with van der Waals surface area (Å²) in [4.78, 5) is 28.8. The molecular weight excluding hydrogens is 398 g/mol. The Hall–Kier alpha value is -3.26. The van der Waals surface area contributed by atoms with E-state index in [0.717, 1.165) is 35.9 Å². The normalized spacial score (nSPS) is 12.5. The van der Waals surface area contributed by atoms with Crippen molar-refractivity contribution in [2.45, 2.75) is 26.4 Å². The fraction of sp³-hybridized carbons (Fsp3) is 0.391. The number of fused-ring (bicyclic) bond motifs is 1. The molecule has 0 atom stereocenters. The van der Waals surface area contributed by atoms with Crippen molar-refractivity contribution in [2.75, 3.05) is 33.8 Å². The molecule has 3 N–H and O–H groups in total. The van der Waals surface area contributed by atoms with Crippen LogP contribution in [0.1, 0.15) is 45.2 Å². The minimum atomic E-state index is -0.404. The maximum absolute atomic E-state index is 13.1. The van der Waals surface area contributed by atoms with Crippen LogP contribution in [0.3, 0.4) is 0 Å². The summed E-state index contributed by atoms with van der Waals surface area (Å²) in [7, 11) is 3.49. The van der Waals surface area contributed by atoms with E-state index in [2.05, 4.69) is 5.32 Å². The number of hydrogen-bond donors (Lipinski definition) is 3. The van der Waals surface area contributed by atoms with E-state index in [-0.39, 0.29) is 22.6 Å². The van der Waals surface area contributed by atoms with Crippen molar-refractivity contribution in [3.8, 4) is 17.2 Å². The number of carbonyl (C=O) groups excluding carboxylic acids is 2. The molecule has 2 aromatic rings.